The predicted octanol–water partition coefficient (Wildman–Crippen LogP) is 2.58. The van der Waals surface area contributed by atoms with Crippen LogP contribution in [0.5, 0.6) is 0 Å². The molecule has 124 valence electrons. The molecule has 0 aromatic heterocycles. The van der Waals surface area contributed by atoms with Crippen LogP contribution in [0.2, 0.25) is 0 Å². The summed E-state index contributed by atoms with van der Waals surface area (Å²) in [6.07, 6.45) is 6.96. The van der Waals surface area contributed by atoms with Gasteiger partial charge in [0.15, 0.2) is 0 Å². The number of nitriles is 1. The zero-order valence-corrected chi connectivity index (χ0v) is 13.5. The monoisotopic (exact) mass is 323 g/mol. The fourth-order valence-corrected chi connectivity index (χ4v) is 5.38. The van der Waals surface area contributed by atoms with Crippen molar-refractivity contribution in [1.82, 2.24) is 5.32 Å². The Bertz CT molecular complexity index is 682. The molecule has 4 fully saturated rings. The lowest BCUT2D eigenvalue weighted by Gasteiger charge is -2.56. The molecule has 0 unspecified atom stereocenters. The highest BCUT2D eigenvalue weighted by molar-refractivity contribution is 6.39. The van der Waals surface area contributed by atoms with Gasteiger partial charge in [-0.2, -0.15) is 5.26 Å². The Morgan fingerprint density at radius 1 is 0.958 bits per heavy atom. The number of benzene rings is 1. The quantitative estimate of drug-likeness (QED) is 0.821. The lowest BCUT2D eigenvalue weighted by Crippen LogP contribution is -2.61. The van der Waals surface area contributed by atoms with Gasteiger partial charge in [0.05, 0.1) is 11.6 Å². The summed E-state index contributed by atoms with van der Waals surface area (Å²) in [5, 5.41) is 14.5. The second-order valence-corrected chi connectivity index (χ2v) is 7.80. The number of rotatable bonds is 2. The van der Waals surface area contributed by atoms with Gasteiger partial charge in [0.25, 0.3) is 0 Å². The molecule has 1 aromatic carbocycles. The van der Waals surface area contributed by atoms with Crippen LogP contribution >= 0.6 is 0 Å². The largest absolute Gasteiger partial charge is 0.342 e. The first-order valence-corrected chi connectivity index (χ1v) is 8.69. The molecule has 1 aromatic rings. The van der Waals surface area contributed by atoms with Crippen molar-refractivity contribution >= 4 is 17.5 Å². The van der Waals surface area contributed by atoms with Gasteiger partial charge in [-0.15, -0.1) is 0 Å². The zero-order chi connectivity index (χ0) is 16.7. The molecule has 2 N–H and O–H groups in total. The molecule has 4 aliphatic carbocycles. The number of carbonyl (C=O) groups excluding carboxylic acids is 2. The smallest absolute Gasteiger partial charge is 0.313 e. The van der Waals surface area contributed by atoms with E-state index in [-0.39, 0.29) is 5.54 Å². The average molecular weight is 323 g/mol. The van der Waals surface area contributed by atoms with Crippen LogP contribution in [-0.4, -0.2) is 17.4 Å². The van der Waals surface area contributed by atoms with Gasteiger partial charge in [0, 0.05) is 11.2 Å². The van der Waals surface area contributed by atoms with Crippen molar-refractivity contribution < 1.29 is 9.59 Å². The number of anilines is 1. The van der Waals surface area contributed by atoms with E-state index in [1.807, 2.05) is 6.07 Å². The number of nitrogens with zero attached hydrogens (tertiary/aromatic N) is 1. The lowest BCUT2D eigenvalue weighted by atomic mass is 9.53. The van der Waals surface area contributed by atoms with E-state index >= 15 is 0 Å². The summed E-state index contributed by atoms with van der Waals surface area (Å²) in [7, 11) is 0. The molecule has 4 saturated carbocycles. The first-order chi connectivity index (χ1) is 11.5. The Balaban J connectivity index is 1.40. The third kappa shape index (κ3) is 2.77. The average Bonchev–Trinajstić information content (AvgIpc) is 2.53. The molecule has 0 saturated heterocycles. The van der Waals surface area contributed by atoms with Crippen LogP contribution in [0.1, 0.15) is 44.1 Å². The van der Waals surface area contributed by atoms with Crippen molar-refractivity contribution in [2.75, 3.05) is 5.32 Å². The normalized spacial score (nSPS) is 32.9. The topological polar surface area (TPSA) is 82.0 Å². The molecule has 5 heteroatoms. The highest BCUT2D eigenvalue weighted by Gasteiger charge is 2.51. The minimum atomic E-state index is -0.629. The van der Waals surface area contributed by atoms with Gasteiger partial charge in [0.1, 0.15) is 0 Å². The van der Waals surface area contributed by atoms with Crippen molar-refractivity contribution in [1.29, 1.82) is 5.26 Å². The maximum atomic E-state index is 12.4. The van der Waals surface area contributed by atoms with Crippen LogP contribution in [0.3, 0.4) is 0 Å². The van der Waals surface area contributed by atoms with Gasteiger partial charge in [-0.3, -0.25) is 9.59 Å². The summed E-state index contributed by atoms with van der Waals surface area (Å²) in [6, 6.07) is 8.53. The van der Waals surface area contributed by atoms with E-state index < -0.39 is 11.8 Å². The molecule has 0 atom stereocenters. The molecule has 24 heavy (non-hydrogen) atoms. The van der Waals surface area contributed by atoms with E-state index in [9.17, 15) is 9.59 Å². The second-order valence-electron chi connectivity index (χ2n) is 7.80. The molecule has 0 aliphatic heterocycles. The Morgan fingerprint density at radius 2 is 1.50 bits per heavy atom. The van der Waals surface area contributed by atoms with Crippen molar-refractivity contribution in [3.8, 4) is 6.07 Å². The molecule has 5 rings (SSSR count). The minimum Gasteiger partial charge on any atom is -0.342 e. The lowest BCUT2D eigenvalue weighted by molar-refractivity contribution is -0.139. The van der Waals surface area contributed by atoms with E-state index in [2.05, 4.69) is 10.6 Å². The molecular weight excluding hydrogens is 302 g/mol. The standard InChI is InChI=1S/C19H21N3O2/c20-11-12-1-3-16(4-2-12)21-17(23)18(24)22-19-8-13-5-14(9-19)7-15(6-13)10-19/h1-4,13-15H,5-10H2,(H,21,23)(H,22,24). The first-order valence-electron chi connectivity index (χ1n) is 8.69. The molecule has 4 bridgehead atoms. The Kier molecular flexibility index (Phi) is 3.56. The maximum Gasteiger partial charge on any atom is 0.313 e. The number of hydrogen-bond acceptors (Lipinski definition) is 3. The SMILES string of the molecule is N#Cc1ccc(NC(=O)C(=O)NC23CC4CC(CC(C4)C2)C3)cc1. The van der Waals surface area contributed by atoms with Crippen LogP contribution in [0.25, 0.3) is 0 Å². The molecule has 4 aliphatic rings. The summed E-state index contributed by atoms with van der Waals surface area (Å²) < 4.78 is 0. The van der Waals surface area contributed by atoms with Gasteiger partial charge in [-0.25, -0.2) is 0 Å². The van der Waals surface area contributed by atoms with E-state index in [1.54, 1.807) is 24.3 Å². The highest BCUT2D eigenvalue weighted by Crippen LogP contribution is 2.55. The van der Waals surface area contributed by atoms with Gasteiger partial charge in [0.2, 0.25) is 0 Å². The van der Waals surface area contributed by atoms with Gasteiger partial charge in [-0.1, -0.05) is 0 Å². The van der Waals surface area contributed by atoms with Crippen molar-refractivity contribution in [2.24, 2.45) is 17.8 Å². The summed E-state index contributed by atoms with van der Waals surface area (Å²) in [4.78, 5) is 24.6. The van der Waals surface area contributed by atoms with Gasteiger partial charge < -0.3 is 10.6 Å². The number of carbonyl (C=O) groups is 2. The van der Waals surface area contributed by atoms with E-state index in [0.29, 0.717) is 11.3 Å². The number of amides is 2. The van der Waals surface area contributed by atoms with Crippen molar-refractivity contribution in [2.45, 2.75) is 44.1 Å². The Morgan fingerprint density at radius 3 is 2.00 bits per heavy atom. The summed E-state index contributed by atoms with van der Waals surface area (Å²) >= 11 is 0. The molecule has 5 nitrogen and oxygen atoms in total. The molecular formula is C19H21N3O2. The number of nitrogens with one attached hydrogen (secondary N) is 2. The third-order valence-corrected chi connectivity index (χ3v) is 5.90. The predicted molar refractivity (Wildman–Crippen MR) is 88.8 cm³/mol. The summed E-state index contributed by atoms with van der Waals surface area (Å²) in [5.74, 6) is 0.992. The Labute approximate surface area is 141 Å². The zero-order valence-electron chi connectivity index (χ0n) is 13.5. The van der Waals surface area contributed by atoms with Crippen molar-refractivity contribution in [3.63, 3.8) is 0 Å². The fourth-order valence-electron chi connectivity index (χ4n) is 5.38. The Hall–Kier alpha value is -2.35. The summed E-state index contributed by atoms with van der Waals surface area (Å²) in [5.41, 5.74) is 0.888. The molecule has 2 amide bonds. The minimum absolute atomic E-state index is 0.159. The molecule has 0 spiro atoms. The maximum absolute atomic E-state index is 12.4. The number of hydrogen-bond donors (Lipinski definition) is 2. The van der Waals surface area contributed by atoms with Crippen LogP contribution < -0.4 is 10.6 Å². The highest BCUT2D eigenvalue weighted by atomic mass is 16.2. The van der Waals surface area contributed by atoms with E-state index in [1.165, 1.54) is 19.3 Å². The van der Waals surface area contributed by atoms with Crippen molar-refractivity contribution in [3.05, 3.63) is 29.8 Å². The first kappa shape index (κ1) is 15.2. The summed E-state index contributed by atoms with van der Waals surface area (Å²) in [6.45, 7) is 0. The third-order valence-electron chi connectivity index (χ3n) is 5.90. The second kappa shape index (κ2) is 5.62. The van der Waals surface area contributed by atoms with Crippen LogP contribution in [0.4, 0.5) is 5.69 Å². The molecule has 0 radical (unpaired) electrons. The van der Waals surface area contributed by atoms with E-state index in [4.69, 9.17) is 5.26 Å². The fraction of sp³-hybridized carbons (Fsp3) is 0.526. The van der Waals surface area contributed by atoms with Crippen LogP contribution in [-0.2, 0) is 9.59 Å². The molecule has 0 heterocycles. The van der Waals surface area contributed by atoms with Gasteiger partial charge >= 0.3 is 11.8 Å². The van der Waals surface area contributed by atoms with Crippen LogP contribution in [0.15, 0.2) is 24.3 Å². The van der Waals surface area contributed by atoms with Gasteiger partial charge in [-0.05, 0) is 80.5 Å². The van der Waals surface area contributed by atoms with Crippen LogP contribution in [0, 0.1) is 29.1 Å². The van der Waals surface area contributed by atoms with E-state index in [0.717, 1.165) is 37.0 Å².